The van der Waals surface area contributed by atoms with E-state index >= 15 is 0 Å². The molecular weight excluding hydrogens is 486 g/mol. The number of nitrogens with zero attached hydrogens (tertiary/aromatic N) is 9. The largest absolute Gasteiger partial charge is 0.449 e. The zero-order chi connectivity index (χ0) is 25.6. The number of rotatable bonds is 13. The molecule has 0 saturated carbocycles. The molecule has 0 aromatic carbocycles. The van der Waals surface area contributed by atoms with E-state index in [0.717, 1.165) is 0 Å². The van der Waals surface area contributed by atoms with Gasteiger partial charge in [-0.25, -0.2) is 29.7 Å². The van der Waals surface area contributed by atoms with Crippen molar-refractivity contribution in [2.45, 2.75) is 32.6 Å². The van der Waals surface area contributed by atoms with E-state index in [4.69, 9.17) is 14.2 Å². The number of H-pyrrole nitrogens is 3. The zero-order valence-electron chi connectivity index (χ0n) is 18.9. The van der Waals surface area contributed by atoms with Gasteiger partial charge >= 0.3 is 18.3 Å². The third-order valence-corrected chi connectivity index (χ3v) is 5.04. The lowest BCUT2D eigenvalue weighted by Gasteiger charge is -2.32. The number of anilines is 3. The maximum Gasteiger partial charge on any atom is 0.414 e. The lowest BCUT2D eigenvalue weighted by molar-refractivity contribution is 0.0730. The van der Waals surface area contributed by atoms with Gasteiger partial charge in [-0.05, 0) is 56.0 Å². The summed E-state index contributed by atoms with van der Waals surface area (Å²) < 4.78 is 15.6. The van der Waals surface area contributed by atoms with Crippen molar-refractivity contribution in [2.24, 2.45) is 5.41 Å². The van der Waals surface area contributed by atoms with Gasteiger partial charge < -0.3 is 14.2 Å². The van der Waals surface area contributed by atoms with Crippen LogP contribution >= 0.6 is 0 Å². The van der Waals surface area contributed by atoms with Crippen LogP contribution in [-0.2, 0) is 14.2 Å². The molecule has 3 amide bonds. The SMILES string of the molecule is CCC(CCOC(=O)Nc1nnn[nH]1)(CCOC(=O)Nc1nnn[nH]1)CCOC(=O)Nc1nnn[nH]1. The fourth-order valence-electron chi connectivity index (χ4n) is 3.02. The molecule has 0 aliphatic rings. The first-order valence-electron chi connectivity index (χ1n) is 10.5. The molecule has 6 N–H and O–H groups in total. The fourth-order valence-corrected chi connectivity index (χ4v) is 3.02. The Balaban J connectivity index is 1.50. The van der Waals surface area contributed by atoms with Crippen LogP contribution in [0, 0.1) is 5.41 Å². The normalized spacial score (nSPS) is 10.9. The summed E-state index contributed by atoms with van der Waals surface area (Å²) in [6.45, 7) is 1.98. The van der Waals surface area contributed by atoms with Gasteiger partial charge in [0.25, 0.3) is 0 Å². The average Bonchev–Trinajstić information content (AvgIpc) is 3.63. The molecule has 0 aliphatic heterocycles. The second kappa shape index (κ2) is 13.0. The van der Waals surface area contributed by atoms with Gasteiger partial charge in [0.2, 0.25) is 17.8 Å². The molecule has 0 spiro atoms. The molecule has 36 heavy (non-hydrogen) atoms. The van der Waals surface area contributed by atoms with Gasteiger partial charge in [0.1, 0.15) is 0 Å². The molecule has 0 aliphatic carbocycles. The van der Waals surface area contributed by atoms with Crippen molar-refractivity contribution in [1.82, 2.24) is 61.9 Å². The van der Waals surface area contributed by atoms with E-state index in [9.17, 15) is 14.4 Å². The lowest BCUT2D eigenvalue weighted by Crippen LogP contribution is -2.29. The Morgan fingerprint density at radius 2 is 1.00 bits per heavy atom. The first kappa shape index (κ1) is 25.6. The number of hydrogen-bond acceptors (Lipinski definition) is 15. The molecule has 0 atom stereocenters. The minimum atomic E-state index is -0.758. The van der Waals surface area contributed by atoms with E-state index in [0.29, 0.717) is 25.7 Å². The minimum Gasteiger partial charge on any atom is -0.449 e. The summed E-state index contributed by atoms with van der Waals surface area (Å²) in [4.78, 5) is 35.9. The van der Waals surface area contributed by atoms with Crippen LogP contribution in [0.2, 0.25) is 0 Å². The number of aromatic amines is 3. The number of ether oxygens (including phenoxy) is 3. The Hall–Kier alpha value is -4.98. The van der Waals surface area contributed by atoms with Gasteiger partial charge in [0.15, 0.2) is 0 Å². The molecule has 3 aromatic heterocycles. The van der Waals surface area contributed by atoms with Crippen LogP contribution in [0.25, 0.3) is 0 Å². The van der Waals surface area contributed by atoms with Crippen LogP contribution in [0.1, 0.15) is 32.6 Å². The highest BCUT2D eigenvalue weighted by molar-refractivity contribution is 5.82. The topological polar surface area (TPSA) is 278 Å². The van der Waals surface area contributed by atoms with Gasteiger partial charge in [-0.1, -0.05) is 28.6 Å². The quantitative estimate of drug-likeness (QED) is 0.163. The molecule has 3 rings (SSSR count). The number of nitrogens with one attached hydrogen (secondary N) is 6. The third-order valence-electron chi connectivity index (χ3n) is 5.04. The monoisotopic (exact) mass is 509 g/mol. The van der Waals surface area contributed by atoms with Crippen molar-refractivity contribution in [3.8, 4) is 0 Å². The molecule has 194 valence electrons. The summed E-state index contributed by atoms with van der Waals surface area (Å²) in [5.41, 5.74) is -0.518. The van der Waals surface area contributed by atoms with Gasteiger partial charge in [-0.2, -0.15) is 0 Å². The number of hydrogen-bond donors (Lipinski definition) is 6. The third kappa shape index (κ3) is 8.42. The summed E-state index contributed by atoms with van der Waals surface area (Å²) in [5, 5.41) is 44.8. The van der Waals surface area contributed by atoms with Crippen LogP contribution in [0.4, 0.5) is 32.2 Å². The molecule has 21 nitrogen and oxygen atoms in total. The zero-order valence-corrected chi connectivity index (χ0v) is 18.9. The van der Waals surface area contributed by atoms with Crippen LogP contribution in [0.15, 0.2) is 0 Å². The van der Waals surface area contributed by atoms with E-state index in [2.05, 4.69) is 77.8 Å². The Morgan fingerprint density at radius 3 is 1.25 bits per heavy atom. The molecule has 3 aromatic rings. The molecular formula is C15H23N15O6. The Kier molecular flexibility index (Phi) is 9.29. The van der Waals surface area contributed by atoms with E-state index in [-0.39, 0.29) is 37.7 Å². The number of tetrazole rings is 3. The van der Waals surface area contributed by atoms with E-state index in [1.165, 1.54) is 0 Å². The highest BCUT2D eigenvalue weighted by Crippen LogP contribution is 2.35. The second-order valence-electron chi connectivity index (χ2n) is 7.14. The van der Waals surface area contributed by atoms with Crippen LogP contribution in [0.3, 0.4) is 0 Å². The van der Waals surface area contributed by atoms with E-state index in [1.807, 2.05) is 6.92 Å². The van der Waals surface area contributed by atoms with Crippen LogP contribution in [0.5, 0.6) is 0 Å². The number of amides is 3. The average molecular weight is 509 g/mol. The summed E-state index contributed by atoms with van der Waals surface area (Å²) >= 11 is 0. The first-order chi connectivity index (χ1) is 17.5. The van der Waals surface area contributed by atoms with Crippen molar-refractivity contribution >= 4 is 36.1 Å². The van der Waals surface area contributed by atoms with Crippen molar-refractivity contribution in [3.63, 3.8) is 0 Å². The highest BCUT2D eigenvalue weighted by Gasteiger charge is 2.29. The fraction of sp³-hybridized carbons (Fsp3) is 0.600. The second-order valence-corrected chi connectivity index (χ2v) is 7.14. The van der Waals surface area contributed by atoms with Crippen molar-refractivity contribution in [2.75, 3.05) is 35.8 Å². The predicted molar refractivity (Wildman–Crippen MR) is 114 cm³/mol. The molecule has 3 heterocycles. The maximum absolute atomic E-state index is 12.0. The summed E-state index contributed by atoms with van der Waals surface area (Å²) in [6, 6.07) is 0. The molecule has 0 bridgehead atoms. The summed E-state index contributed by atoms with van der Waals surface area (Å²) in [5.74, 6) is 0.0958. The standard InChI is InChI=1S/C15H23N15O6/c1-2-15(3-6-34-12(31)16-9-19-25-26-20-9,4-7-35-13(32)17-10-21-27-28-22-10)5-8-36-14(33)18-11-23-29-30-24-11/h2-8H2,1H3,(H2,16,19,20,25,26,31)(H2,17,21,22,27,28,32)(H2,18,23,24,29,30,33). The Morgan fingerprint density at radius 1 is 0.667 bits per heavy atom. The lowest BCUT2D eigenvalue weighted by atomic mass is 9.76. The molecule has 0 radical (unpaired) electrons. The first-order valence-corrected chi connectivity index (χ1v) is 10.5. The summed E-state index contributed by atoms with van der Waals surface area (Å²) in [7, 11) is 0. The Bertz CT molecular complexity index is 926. The van der Waals surface area contributed by atoms with E-state index in [1.54, 1.807) is 0 Å². The smallest absolute Gasteiger partial charge is 0.414 e. The molecule has 21 heteroatoms. The van der Waals surface area contributed by atoms with Crippen LogP contribution < -0.4 is 16.0 Å². The van der Waals surface area contributed by atoms with Gasteiger partial charge in [0.05, 0.1) is 19.8 Å². The van der Waals surface area contributed by atoms with Gasteiger partial charge in [0, 0.05) is 0 Å². The summed E-state index contributed by atoms with van der Waals surface area (Å²) in [6.07, 6.45) is -0.556. The van der Waals surface area contributed by atoms with Gasteiger partial charge in [-0.15, -0.1) is 0 Å². The highest BCUT2D eigenvalue weighted by atomic mass is 16.6. The van der Waals surface area contributed by atoms with Gasteiger partial charge in [-0.3, -0.25) is 16.0 Å². The van der Waals surface area contributed by atoms with E-state index < -0.39 is 23.7 Å². The molecule has 0 unspecified atom stereocenters. The minimum absolute atomic E-state index is 0.0209. The Labute approximate surface area is 201 Å². The predicted octanol–water partition coefficient (Wildman–Crippen LogP) is -0.162. The van der Waals surface area contributed by atoms with Crippen molar-refractivity contribution < 1.29 is 28.6 Å². The molecule has 0 fully saturated rings. The number of carbonyl (C=O) groups is 3. The molecule has 0 saturated heterocycles. The van der Waals surface area contributed by atoms with Crippen molar-refractivity contribution in [3.05, 3.63) is 0 Å². The van der Waals surface area contributed by atoms with Crippen molar-refractivity contribution in [1.29, 1.82) is 0 Å². The maximum atomic E-state index is 12.0. The number of aromatic nitrogens is 12. The van der Waals surface area contributed by atoms with Crippen LogP contribution in [-0.4, -0.2) is 100.0 Å². The number of carbonyl (C=O) groups excluding carboxylic acids is 3.